The van der Waals surface area contributed by atoms with Crippen LogP contribution in [0.2, 0.25) is 5.02 Å². The molecule has 8 heteroatoms. The van der Waals surface area contributed by atoms with E-state index in [0.717, 1.165) is 0 Å². The standard InChI is InChI=1S/C20H20ClN3O4/c1-20(2,3)23-19(26)17(12-13-4-8-15(21)9-5-13)22-18(25)14-6-10-16(11-7-14)24(27)28/h4-12H,1-3H3,(H,22,25)(H,23,26). The number of hydrogen-bond acceptors (Lipinski definition) is 4. The first kappa shape index (κ1) is 21.1. The Morgan fingerprint density at radius 1 is 1.04 bits per heavy atom. The molecule has 0 aliphatic carbocycles. The van der Waals surface area contributed by atoms with Crippen LogP contribution >= 0.6 is 11.6 Å². The van der Waals surface area contributed by atoms with Crippen molar-refractivity contribution in [1.82, 2.24) is 10.6 Å². The highest BCUT2D eigenvalue weighted by atomic mass is 35.5. The predicted molar refractivity (Wildman–Crippen MR) is 108 cm³/mol. The first-order chi connectivity index (χ1) is 13.0. The van der Waals surface area contributed by atoms with Crippen molar-refractivity contribution < 1.29 is 14.5 Å². The lowest BCUT2D eigenvalue weighted by atomic mass is 10.1. The number of carbonyl (C=O) groups excluding carboxylic acids is 2. The Labute approximate surface area is 167 Å². The summed E-state index contributed by atoms with van der Waals surface area (Å²) < 4.78 is 0. The third kappa shape index (κ3) is 6.21. The van der Waals surface area contributed by atoms with Crippen molar-refractivity contribution in [2.24, 2.45) is 0 Å². The van der Waals surface area contributed by atoms with Crippen molar-refractivity contribution in [3.63, 3.8) is 0 Å². The second-order valence-corrected chi connectivity index (χ2v) is 7.51. The second-order valence-electron chi connectivity index (χ2n) is 7.07. The van der Waals surface area contributed by atoms with Gasteiger partial charge in [-0.15, -0.1) is 0 Å². The number of non-ortho nitro benzene ring substituents is 1. The zero-order chi connectivity index (χ0) is 20.9. The molecule has 0 aliphatic heterocycles. The van der Waals surface area contributed by atoms with E-state index >= 15 is 0 Å². The summed E-state index contributed by atoms with van der Waals surface area (Å²) in [6.45, 7) is 5.47. The number of amides is 2. The van der Waals surface area contributed by atoms with Gasteiger partial charge in [0, 0.05) is 28.3 Å². The molecule has 2 N–H and O–H groups in total. The number of nitro groups is 1. The van der Waals surface area contributed by atoms with E-state index in [1.54, 1.807) is 24.3 Å². The van der Waals surface area contributed by atoms with Gasteiger partial charge in [-0.25, -0.2) is 0 Å². The molecule has 146 valence electrons. The molecule has 0 atom stereocenters. The molecule has 0 aromatic heterocycles. The lowest BCUT2D eigenvalue weighted by molar-refractivity contribution is -0.384. The molecule has 2 amide bonds. The van der Waals surface area contributed by atoms with Crippen molar-refractivity contribution in [2.45, 2.75) is 26.3 Å². The highest BCUT2D eigenvalue weighted by molar-refractivity contribution is 6.30. The fraction of sp³-hybridized carbons (Fsp3) is 0.200. The maximum Gasteiger partial charge on any atom is 0.269 e. The number of nitrogens with zero attached hydrogens (tertiary/aromatic N) is 1. The molecule has 2 aromatic carbocycles. The van der Waals surface area contributed by atoms with Gasteiger partial charge in [-0.1, -0.05) is 23.7 Å². The topological polar surface area (TPSA) is 101 Å². The largest absolute Gasteiger partial charge is 0.346 e. The summed E-state index contributed by atoms with van der Waals surface area (Å²) in [5.74, 6) is -1.02. The van der Waals surface area contributed by atoms with Gasteiger partial charge in [-0.3, -0.25) is 19.7 Å². The Kier molecular flexibility index (Phi) is 6.53. The number of hydrogen-bond donors (Lipinski definition) is 2. The molecule has 7 nitrogen and oxygen atoms in total. The molecular weight excluding hydrogens is 382 g/mol. The minimum Gasteiger partial charge on any atom is -0.346 e. The number of rotatable bonds is 5. The van der Waals surface area contributed by atoms with Crippen LogP contribution in [0.1, 0.15) is 36.7 Å². The van der Waals surface area contributed by atoms with E-state index in [-0.39, 0.29) is 16.9 Å². The van der Waals surface area contributed by atoms with Gasteiger partial charge in [0.1, 0.15) is 5.70 Å². The molecule has 0 aliphatic rings. The highest BCUT2D eigenvalue weighted by Gasteiger charge is 2.20. The van der Waals surface area contributed by atoms with Gasteiger partial charge in [0.2, 0.25) is 0 Å². The molecule has 28 heavy (non-hydrogen) atoms. The molecule has 0 saturated carbocycles. The van der Waals surface area contributed by atoms with Crippen LogP contribution < -0.4 is 10.6 Å². The average Bonchev–Trinajstić information content (AvgIpc) is 2.61. The Bertz CT molecular complexity index is 914. The highest BCUT2D eigenvalue weighted by Crippen LogP contribution is 2.15. The zero-order valence-corrected chi connectivity index (χ0v) is 16.4. The van der Waals surface area contributed by atoms with Crippen LogP contribution in [0.3, 0.4) is 0 Å². The first-order valence-corrected chi connectivity index (χ1v) is 8.78. The summed E-state index contributed by atoms with van der Waals surface area (Å²) >= 11 is 5.88. The van der Waals surface area contributed by atoms with Gasteiger partial charge in [0.05, 0.1) is 4.92 Å². The van der Waals surface area contributed by atoms with Crippen LogP contribution in [0, 0.1) is 10.1 Å². The fourth-order valence-electron chi connectivity index (χ4n) is 2.22. The molecule has 0 bridgehead atoms. The number of carbonyl (C=O) groups is 2. The van der Waals surface area contributed by atoms with Gasteiger partial charge in [-0.05, 0) is 56.7 Å². The number of nitrogens with one attached hydrogen (secondary N) is 2. The monoisotopic (exact) mass is 401 g/mol. The van der Waals surface area contributed by atoms with Gasteiger partial charge in [0.25, 0.3) is 17.5 Å². The van der Waals surface area contributed by atoms with Gasteiger partial charge >= 0.3 is 0 Å². The van der Waals surface area contributed by atoms with Crippen LogP contribution in [0.15, 0.2) is 54.2 Å². The summed E-state index contributed by atoms with van der Waals surface area (Å²) in [5.41, 5.74) is 0.275. The lowest BCUT2D eigenvalue weighted by Crippen LogP contribution is -2.44. The molecular formula is C20H20ClN3O4. The molecule has 0 fully saturated rings. The van der Waals surface area contributed by atoms with E-state index in [1.807, 2.05) is 20.8 Å². The van der Waals surface area contributed by atoms with Crippen molar-refractivity contribution in [1.29, 1.82) is 0 Å². The van der Waals surface area contributed by atoms with Gasteiger partial charge in [-0.2, -0.15) is 0 Å². The minimum absolute atomic E-state index is 0.0422. The summed E-state index contributed by atoms with van der Waals surface area (Å²) in [4.78, 5) is 35.4. The molecule has 0 unspecified atom stereocenters. The van der Waals surface area contributed by atoms with E-state index in [9.17, 15) is 19.7 Å². The Morgan fingerprint density at radius 3 is 2.11 bits per heavy atom. The number of benzene rings is 2. The van der Waals surface area contributed by atoms with E-state index in [0.29, 0.717) is 10.6 Å². The van der Waals surface area contributed by atoms with E-state index in [4.69, 9.17) is 11.6 Å². The summed E-state index contributed by atoms with van der Waals surface area (Å²) in [5, 5.41) is 16.7. The maximum absolute atomic E-state index is 12.6. The van der Waals surface area contributed by atoms with Crippen LogP contribution in [-0.2, 0) is 4.79 Å². The van der Waals surface area contributed by atoms with Crippen LogP contribution in [-0.4, -0.2) is 22.3 Å². The van der Waals surface area contributed by atoms with Crippen molar-refractivity contribution >= 4 is 35.2 Å². The average molecular weight is 402 g/mol. The third-order valence-electron chi connectivity index (χ3n) is 3.50. The van der Waals surface area contributed by atoms with Crippen LogP contribution in [0.25, 0.3) is 6.08 Å². The predicted octanol–water partition coefficient (Wildman–Crippen LogP) is 3.93. The summed E-state index contributed by atoms with van der Waals surface area (Å²) in [6.07, 6.45) is 1.53. The normalized spacial score (nSPS) is 11.6. The number of nitro benzene ring substituents is 1. The van der Waals surface area contributed by atoms with Crippen molar-refractivity contribution in [2.75, 3.05) is 0 Å². The quantitative estimate of drug-likeness (QED) is 0.450. The smallest absolute Gasteiger partial charge is 0.269 e. The Balaban J connectivity index is 2.30. The molecule has 0 radical (unpaired) electrons. The SMILES string of the molecule is CC(C)(C)NC(=O)C(=Cc1ccc(Cl)cc1)NC(=O)c1ccc([N+](=O)[O-])cc1. The second kappa shape index (κ2) is 8.67. The molecule has 0 spiro atoms. The van der Waals surface area contributed by atoms with Crippen LogP contribution in [0.4, 0.5) is 5.69 Å². The van der Waals surface area contributed by atoms with Crippen molar-refractivity contribution in [3.8, 4) is 0 Å². The maximum atomic E-state index is 12.6. The summed E-state index contributed by atoms with van der Waals surface area (Å²) in [6, 6.07) is 11.9. The van der Waals surface area contributed by atoms with Crippen LogP contribution in [0.5, 0.6) is 0 Å². The zero-order valence-electron chi connectivity index (χ0n) is 15.7. The minimum atomic E-state index is -0.556. The van der Waals surface area contributed by atoms with E-state index in [2.05, 4.69) is 10.6 Å². The van der Waals surface area contributed by atoms with Crippen molar-refractivity contribution in [3.05, 3.63) is 80.5 Å². The first-order valence-electron chi connectivity index (χ1n) is 8.41. The third-order valence-corrected chi connectivity index (χ3v) is 3.75. The molecule has 2 aromatic rings. The molecule has 2 rings (SSSR count). The van der Waals surface area contributed by atoms with E-state index < -0.39 is 22.3 Å². The number of halogens is 1. The Hall–Kier alpha value is -3.19. The summed E-state index contributed by atoms with van der Waals surface area (Å²) in [7, 11) is 0. The lowest BCUT2D eigenvalue weighted by Gasteiger charge is -2.22. The molecule has 0 saturated heterocycles. The van der Waals surface area contributed by atoms with E-state index in [1.165, 1.54) is 30.3 Å². The van der Waals surface area contributed by atoms with Gasteiger partial charge < -0.3 is 10.6 Å². The Morgan fingerprint density at radius 2 is 1.61 bits per heavy atom. The molecule has 0 heterocycles. The fourth-order valence-corrected chi connectivity index (χ4v) is 2.35. The van der Waals surface area contributed by atoms with Gasteiger partial charge in [0.15, 0.2) is 0 Å².